The highest BCUT2D eigenvalue weighted by atomic mass is 16.5. The van der Waals surface area contributed by atoms with Crippen molar-refractivity contribution in [3.8, 4) is 5.75 Å². The van der Waals surface area contributed by atoms with Crippen LogP contribution in [0.3, 0.4) is 0 Å². The Morgan fingerprint density at radius 2 is 1.79 bits per heavy atom. The van der Waals surface area contributed by atoms with Crippen LogP contribution in [0.4, 0.5) is 0 Å². The van der Waals surface area contributed by atoms with Gasteiger partial charge in [-0.1, -0.05) is 42.0 Å². The molecule has 0 saturated carbocycles. The number of methoxy groups -OCH3 is 1. The highest BCUT2D eigenvalue weighted by Crippen LogP contribution is 2.12. The van der Waals surface area contributed by atoms with E-state index >= 15 is 0 Å². The van der Waals surface area contributed by atoms with Crippen LogP contribution >= 0.6 is 0 Å². The molecule has 2 aromatic carbocycles. The summed E-state index contributed by atoms with van der Waals surface area (Å²) in [6, 6.07) is 15.2. The number of amides is 1. The molecule has 0 heterocycles. The summed E-state index contributed by atoms with van der Waals surface area (Å²) in [5.74, 6) is 0.707. The van der Waals surface area contributed by atoms with Crippen LogP contribution in [0.25, 0.3) is 0 Å². The molecule has 0 saturated heterocycles. The minimum atomic E-state index is -0.0987. The molecule has 1 N–H and O–H groups in total. The number of ether oxygens (including phenoxy) is 1. The maximum atomic E-state index is 12.0. The molecular weight excluding hydrogens is 302 g/mol. The van der Waals surface area contributed by atoms with Crippen molar-refractivity contribution in [1.82, 2.24) is 5.32 Å². The maximum Gasteiger partial charge on any atom is 0.220 e. The Labute approximate surface area is 142 Å². The molecule has 1 amide bonds. The quantitative estimate of drug-likeness (QED) is 0.758. The van der Waals surface area contributed by atoms with Gasteiger partial charge in [0.1, 0.15) is 5.75 Å². The normalized spacial score (nSPS) is 10.2. The first-order valence-corrected chi connectivity index (χ1v) is 8.08. The van der Waals surface area contributed by atoms with E-state index in [2.05, 4.69) is 5.32 Å². The van der Waals surface area contributed by atoms with Gasteiger partial charge in [0.25, 0.3) is 0 Å². The lowest BCUT2D eigenvalue weighted by Crippen LogP contribution is -2.26. The first-order chi connectivity index (χ1) is 11.6. The van der Waals surface area contributed by atoms with Crippen LogP contribution in [0.5, 0.6) is 5.75 Å². The van der Waals surface area contributed by atoms with E-state index < -0.39 is 0 Å². The molecule has 4 heteroatoms. The Morgan fingerprint density at radius 1 is 1.04 bits per heavy atom. The summed E-state index contributed by atoms with van der Waals surface area (Å²) >= 11 is 0. The highest BCUT2D eigenvalue weighted by molar-refractivity contribution is 5.97. The Hall–Kier alpha value is -2.62. The molecule has 0 spiro atoms. The lowest BCUT2D eigenvalue weighted by Gasteiger charge is -2.07. The lowest BCUT2D eigenvalue weighted by atomic mass is 10.0. The number of hydrogen-bond donors (Lipinski definition) is 1. The molecule has 2 aromatic rings. The number of benzene rings is 2. The van der Waals surface area contributed by atoms with Crippen LogP contribution in [-0.2, 0) is 11.2 Å². The zero-order valence-electron chi connectivity index (χ0n) is 14.2. The van der Waals surface area contributed by atoms with Gasteiger partial charge in [0.05, 0.1) is 7.11 Å². The van der Waals surface area contributed by atoms with Gasteiger partial charge in [-0.05, 0) is 31.0 Å². The minimum Gasteiger partial charge on any atom is -0.497 e. The SMILES string of the molecule is COc1cccc(CCNC(=O)CCC(=O)c2ccc(C)cc2)c1. The second-order valence-electron chi connectivity index (χ2n) is 5.74. The molecule has 0 aliphatic rings. The minimum absolute atomic E-state index is 0.00190. The predicted molar refractivity (Wildman–Crippen MR) is 94.5 cm³/mol. The van der Waals surface area contributed by atoms with Crippen LogP contribution in [0.2, 0.25) is 0 Å². The van der Waals surface area contributed by atoms with Crippen molar-refractivity contribution in [3.05, 3.63) is 65.2 Å². The maximum absolute atomic E-state index is 12.0. The molecule has 126 valence electrons. The molecule has 0 aromatic heterocycles. The molecular formula is C20H23NO3. The lowest BCUT2D eigenvalue weighted by molar-refractivity contribution is -0.121. The van der Waals surface area contributed by atoms with Gasteiger partial charge in [0.2, 0.25) is 5.91 Å². The number of aryl methyl sites for hydroxylation is 1. The van der Waals surface area contributed by atoms with E-state index in [1.165, 1.54) is 0 Å². The van der Waals surface area contributed by atoms with Crippen molar-refractivity contribution in [2.45, 2.75) is 26.2 Å². The summed E-state index contributed by atoms with van der Waals surface area (Å²) in [5, 5.41) is 2.85. The fraction of sp³-hybridized carbons (Fsp3) is 0.300. The molecule has 0 fully saturated rings. The largest absolute Gasteiger partial charge is 0.497 e. The Morgan fingerprint density at radius 3 is 2.50 bits per heavy atom. The molecule has 2 rings (SSSR count). The Bertz CT molecular complexity index is 692. The van der Waals surface area contributed by atoms with E-state index in [1.54, 1.807) is 19.2 Å². The van der Waals surface area contributed by atoms with Crippen molar-refractivity contribution < 1.29 is 14.3 Å². The summed E-state index contributed by atoms with van der Waals surface area (Å²) < 4.78 is 5.17. The van der Waals surface area contributed by atoms with E-state index in [1.807, 2.05) is 43.3 Å². The summed E-state index contributed by atoms with van der Waals surface area (Å²) in [7, 11) is 1.63. The van der Waals surface area contributed by atoms with E-state index in [-0.39, 0.29) is 24.5 Å². The second-order valence-corrected chi connectivity index (χ2v) is 5.74. The van der Waals surface area contributed by atoms with Crippen LogP contribution in [0, 0.1) is 6.92 Å². The monoisotopic (exact) mass is 325 g/mol. The highest BCUT2D eigenvalue weighted by Gasteiger charge is 2.09. The molecule has 4 nitrogen and oxygen atoms in total. The van der Waals surface area contributed by atoms with Gasteiger partial charge in [0, 0.05) is 24.9 Å². The van der Waals surface area contributed by atoms with Crippen LogP contribution in [0.15, 0.2) is 48.5 Å². The molecule has 0 bridgehead atoms. The third-order valence-electron chi connectivity index (χ3n) is 3.82. The van der Waals surface area contributed by atoms with E-state index in [0.717, 1.165) is 23.3 Å². The Kier molecular flexibility index (Phi) is 6.55. The van der Waals surface area contributed by atoms with Gasteiger partial charge in [-0.2, -0.15) is 0 Å². The van der Waals surface area contributed by atoms with Crippen LogP contribution in [-0.4, -0.2) is 25.3 Å². The van der Waals surface area contributed by atoms with Gasteiger partial charge in [-0.15, -0.1) is 0 Å². The zero-order valence-corrected chi connectivity index (χ0v) is 14.2. The molecule has 0 aliphatic carbocycles. The van der Waals surface area contributed by atoms with Crippen molar-refractivity contribution in [2.24, 2.45) is 0 Å². The fourth-order valence-corrected chi connectivity index (χ4v) is 2.37. The van der Waals surface area contributed by atoms with Crippen LogP contribution < -0.4 is 10.1 Å². The van der Waals surface area contributed by atoms with Gasteiger partial charge in [-0.3, -0.25) is 9.59 Å². The van der Waals surface area contributed by atoms with E-state index in [0.29, 0.717) is 12.1 Å². The first-order valence-electron chi connectivity index (χ1n) is 8.08. The summed E-state index contributed by atoms with van der Waals surface area (Å²) in [6.45, 7) is 2.52. The molecule has 24 heavy (non-hydrogen) atoms. The van der Waals surface area contributed by atoms with Gasteiger partial charge >= 0.3 is 0 Å². The summed E-state index contributed by atoms with van der Waals surface area (Å²) in [6.07, 6.45) is 1.17. The molecule has 0 unspecified atom stereocenters. The third-order valence-corrected chi connectivity index (χ3v) is 3.82. The van der Waals surface area contributed by atoms with Crippen molar-refractivity contribution in [1.29, 1.82) is 0 Å². The van der Waals surface area contributed by atoms with Crippen LogP contribution in [0.1, 0.15) is 34.3 Å². The topological polar surface area (TPSA) is 55.4 Å². The Balaban J connectivity index is 1.71. The number of rotatable bonds is 8. The molecule has 0 radical (unpaired) electrons. The van der Waals surface area contributed by atoms with E-state index in [4.69, 9.17) is 4.74 Å². The fourth-order valence-electron chi connectivity index (χ4n) is 2.37. The third kappa shape index (κ3) is 5.54. The average Bonchev–Trinajstić information content (AvgIpc) is 2.60. The number of Topliss-reactive ketones (excluding diaryl/α,β-unsaturated/α-hetero) is 1. The number of carbonyl (C=O) groups excluding carboxylic acids is 2. The number of nitrogens with one attached hydrogen (secondary N) is 1. The number of hydrogen-bond acceptors (Lipinski definition) is 3. The second kappa shape index (κ2) is 8.87. The summed E-state index contributed by atoms with van der Waals surface area (Å²) in [4.78, 5) is 23.9. The smallest absolute Gasteiger partial charge is 0.220 e. The van der Waals surface area contributed by atoms with Gasteiger partial charge < -0.3 is 10.1 Å². The number of carbonyl (C=O) groups is 2. The first kappa shape index (κ1) is 17.7. The molecule has 0 aliphatic heterocycles. The predicted octanol–water partition coefficient (Wildman–Crippen LogP) is 3.33. The van der Waals surface area contributed by atoms with Gasteiger partial charge in [0.15, 0.2) is 5.78 Å². The number of ketones is 1. The average molecular weight is 325 g/mol. The zero-order chi connectivity index (χ0) is 17.4. The van der Waals surface area contributed by atoms with Crippen molar-refractivity contribution in [2.75, 3.05) is 13.7 Å². The van der Waals surface area contributed by atoms with Crippen molar-refractivity contribution in [3.63, 3.8) is 0 Å². The summed E-state index contributed by atoms with van der Waals surface area (Å²) in [5.41, 5.74) is 2.87. The molecule has 0 atom stereocenters. The standard InChI is InChI=1S/C20H23NO3/c1-15-6-8-17(9-7-15)19(22)10-11-20(23)21-13-12-16-4-3-5-18(14-16)24-2/h3-9,14H,10-13H2,1-2H3,(H,21,23). The van der Waals surface area contributed by atoms with Crippen molar-refractivity contribution >= 4 is 11.7 Å². The van der Waals surface area contributed by atoms with Gasteiger partial charge in [-0.25, -0.2) is 0 Å². The van der Waals surface area contributed by atoms with E-state index in [9.17, 15) is 9.59 Å².